The fourth-order valence-corrected chi connectivity index (χ4v) is 2.69. The lowest BCUT2D eigenvalue weighted by Crippen LogP contribution is -2.34. The molecule has 1 heterocycles. The predicted octanol–water partition coefficient (Wildman–Crippen LogP) is 2.87. The predicted molar refractivity (Wildman–Crippen MR) is 92.7 cm³/mol. The highest BCUT2D eigenvalue weighted by atomic mass is 79.9. The molecule has 5 nitrogen and oxygen atoms in total. The quantitative estimate of drug-likeness (QED) is 0.533. The van der Waals surface area contributed by atoms with E-state index in [1.54, 1.807) is 12.1 Å². The largest absolute Gasteiger partial charge is 0.375 e. The summed E-state index contributed by atoms with van der Waals surface area (Å²) in [6.07, 6.45) is 2.72. The summed E-state index contributed by atoms with van der Waals surface area (Å²) < 4.78 is 6.33. The van der Waals surface area contributed by atoms with Crippen molar-refractivity contribution in [2.45, 2.75) is 6.61 Å². The zero-order chi connectivity index (χ0) is 17.7. The van der Waals surface area contributed by atoms with Crippen LogP contribution in [0.5, 0.6) is 0 Å². The van der Waals surface area contributed by atoms with Crippen LogP contribution in [0.3, 0.4) is 0 Å². The monoisotopic (exact) mass is 386 g/mol. The molecule has 122 valence electrons. The molecule has 6 heteroatoms. The molecule has 0 bridgehead atoms. The molecule has 1 aliphatic heterocycles. The zero-order valence-corrected chi connectivity index (χ0v) is 14.5. The fourth-order valence-electron chi connectivity index (χ4n) is 2.33. The van der Waals surface area contributed by atoms with Gasteiger partial charge in [-0.05, 0) is 17.7 Å². The van der Waals surface area contributed by atoms with Crippen LogP contribution in [0.15, 0.2) is 59.1 Å². The van der Waals surface area contributed by atoms with E-state index in [-0.39, 0.29) is 30.9 Å². The maximum Gasteiger partial charge on any atom is 0.261 e. The number of amides is 2. The number of nitrogens with zero attached hydrogens (tertiary/aromatic N) is 2. The average Bonchev–Trinajstić information content (AvgIpc) is 2.82. The number of benzene rings is 1. The molecule has 0 spiro atoms. The summed E-state index contributed by atoms with van der Waals surface area (Å²) >= 11 is 3.31. The van der Waals surface area contributed by atoms with Crippen molar-refractivity contribution in [2.75, 3.05) is 13.2 Å². The molecule has 1 aromatic carbocycles. The van der Waals surface area contributed by atoms with E-state index in [0.717, 1.165) is 14.9 Å². The summed E-state index contributed by atoms with van der Waals surface area (Å²) in [5, 5.41) is 9.11. The molecule has 0 atom stereocenters. The number of carbonyl (C=O) groups is 2. The van der Waals surface area contributed by atoms with Gasteiger partial charge in [-0.25, -0.2) is 0 Å². The lowest BCUT2D eigenvalue weighted by atomic mass is 10.1. The normalized spacial score (nSPS) is 14.1. The van der Waals surface area contributed by atoms with E-state index >= 15 is 0 Å². The van der Waals surface area contributed by atoms with Gasteiger partial charge in [-0.2, -0.15) is 5.26 Å². The first-order chi connectivity index (χ1) is 11.5. The molecule has 0 radical (unpaired) electrons. The van der Waals surface area contributed by atoms with E-state index in [1.165, 1.54) is 12.2 Å². The Labute approximate surface area is 148 Å². The van der Waals surface area contributed by atoms with Crippen molar-refractivity contribution >= 4 is 27.7 Å². The Hall–Kier alpha value is -2.49. The van der Waals surface area contributed by atoms with Crippen molar-refractivity contribution in [3.63, 3.8) is 0 Å². The van der Waals surface area contributed by atoms with Crippen LogP contribution >= 0.6 is 15.9 Å². The van der Waals surface area contributed by atoms with Crippen LogP contribution in [0, 0.1) is 11.3 Å². The number of ether oxygens (including phenoxy) is 1. The molecular weight excluding hydrogens is 372 g/mol. The molecule has 0 fully saturated rings. The Balaban J connectivity index is 1.94. The van der Waals surface area contributed by atoms with Gasteiger partial charge in [-0.3, -0.25) is 14.5 Å². The summed E-state index contributed by atoms with van der Waals surface area (Å²) in [5.41, 5.74) is 1.78. The van der Waals surface area contributed by atoms with Crippen LogP contribution in [-0.4, -0.2) is 29.9 Å². The second-order valence-electron chi connectivity index (χ2n) is 4.96. The SMILES string of the molecule is C=CC1=C(C=C)C(=O)N(CCOCc2ccc(Br)cc2C#N)C1=O. The van der Waals surface area contributed by atoms with Gasteiger partial charge < -0.3 is 4.74 Å². The third-order valence-corrected chi connectivity index (χ3v) is 4.05. The number of halogens is 1. The van der Waals surface area contributed by atoms with Gasteiger partial charge >= 0.3 is 0 Å². The lowest BCUT2D eigenvalue weighted by molar-refractivity contribution is -0.138. The first-order valence-electron chi connectivity index (χ1n) is 7.15. The third kappa shape index (κ3) is 3.53. The molecule has 1 aromatic rings. The number of imide groups is 1. The Morgan fingerprint density at radius 3 is 2.38 bits per heavy atom. The van der Waals surface area contributed by atoms with Crippen molar-refractivity contribution in [1.29, 1.82) is 5.26 Å². The molecule has 0 aliphatic carbocycles. The summed E-state index contributed by atoms with van der Waals surface area (Å²) in [6, 6.07) is 7.43. The third-order valence-electron chi connectivity index (χ3n) is 3.56. The van der Waals surface area contributed by atoms with Crippen LogP contribution in [-0.2, 0) is 20.9 Å². The molecule has 0 saturated carbocycles. The average molecular weight is 387 g/mol. The Morgan fingerprint density at radius 2 is 1.83 bits per heavy atom. The maximum atomic E-state index is 12.1. The molecule has 0 aromatic heterocycles. The highest BCUT2D eigenvalue weighted by Gasteiger charge is 2.34. The van der Waals surface area contributed by atoms with Crippen molar-refractivity contribution in [2.24, 2.45) is 0 Å². The Bertz CT molecular complexity index is 760. The van der Waals surface area contributed by atoms with Gasteiger partial charge in [0.05, 0.1) is 42.5 Å². The first kappa shape index (κ1) is 17.9. The number of hydrogen-bond donors (Lipinski definition) is 0. The second-order valence-corrected chi connectivity index (χ2v) is 5.88. The number of rotatable bonds is 7. The smallest absolute Gasteiger partial charge is 0.261 e. The van der Waals surface area contributed by atoms with E-state index in [2.05, 4.69) is 35.2 Å². The van der Waals surface area contributed by atoms with Gasteiger partial charge in [-0.1, -0.05) is 47.3 Å². The van der Waals surface area contributed by atoms with E-state index in [1.807, 2.05) is 6.07 Å². The molecule has 2 amide bonds. The summed E-state index contributed by atoms with van der Waals surface area (Å²) in [6.45, 7) is 7.63. The molecular formula is C18H15BrN2O3. The van der Waals surface area contributed by atoms with Crippen LogP contribution in [0.25, 0.3) is 0 Å². The van der Waals surface area contributed by atoms with Crippen LogP contribution < -0.4 is 0 Å². The van der Waals surface area contributed by atoms with Crippen LogP contribution in [0.2, 0.25) is 0 Å². The van der Waals surface area contributed by atoms with E-state index in [0.29, 0.717) is 5.56 Å². The minimum Gasteiger partial charge on any atom is -0.375 e. The van der Waals surface area contributed by atoms with Gasteiger partial charge in [-0.15, -0.1) is 0 Å². The standard InChI is InChI=1S/C18H15BrN2O3/c1-3-15-16(4-2)18(23)21(17(15)22)7-8-24-11-12-5-6-14(19)9-13(12)10-20/h3-6,9H,1-2,7-8,11H2. The van der Waals surface area contributed by atoms with E-state index < -0.39 is 11.8 Å². The summed E-state index contributed by atoms with van der Waals surface area (Å²) in [7, 11) is 0. The number of nitriles is 1. The number of carbonyl (C=O) groups excluding carboxylic acids is 2. The summed E-state index contributed by atoms with van der Waals surface area (Å²) in [5.74, 6) is -0.787. The van der Waals surface area contributed by atoms with Gasteiger partial charge in [0.25, 0.3) is 11.8 Å². The van der Waals surface area contributed by atoms with Gasteiger partial charge in [0, 0.05) is 4.47 Å². The lowest BCUT2D eigenvalue weighted by Gasteiger charge is -2.15. The molecule has 0 unspecified atom stereocenters. The molecule has 0 saturated heterocycles. The van der Waals surface area contributed by atoms with Crippen molar-refractivity contribution in [3.05, 3.63) is 70.3 Å². The minimum atomic E-state index is -0.394. The highest BCUT2D eigenvalue weighted by molar-refractivity contribution is 9.10. The molecule has 0 N–H and O–H groups in total. The van der Waals surface area contributed by atoms with Crippen molar-refractivity contribution < 1.29 is 14.3 Å². The topological polar surface area (TPSA) is 70.4 Å². The van der Waals surface area contributed by atoms with Crippen LogP contribution in [0.1, 0.15) is 11.1 Å². The Kier molecular flexibility index (Phi) is 5.85. The van der Waals surface area contributed by atoms with Gasteiger partial charge in [0.1, 0.15) is 0 Å². The van der Waals surface area contributed by atoms with Gasteiger partial charge in [0.15, 0.2) is 0 Å². The molecule has 2 rings (SSSR count). The Morgan fingerprint density at radius 1 is 1.21 bits per heavy atom. The van der Waals surface area contributed by atoms with Gasteiger partial charge in [0.2, 0.25) is 0 Å². The first-order valence-corrected chi connectivity index (χ1v) is 7.94. The second kappa shape index (κ2) is 7.86. The minimum absolute atomic E-state index is 0.130. The highest BCUT2D eigenvalue weighted by Crippen LogP contribution is 2.22. The summed E-state index contributed by atoms with van der Waals surface area (Å²) in [4.78, 5) is 25.4. The molecule has 1 aliphatic rings. The van der Waals surface area contributed by atoms with Crippen molar-refractivity contribution in [3.8, 4) is 6.07 Å². The number of hydrogen-bond acceptors (Lipinski definition) is 4. The maximum absolute atomic E-state index is 12.1. The molecule has 24 heavy (non-hydrogen) atoms. The van der Waals surface area contributed by atoms with Crippen LogP contribution in [0.4, 0.5) is 0 Å². The zero-order valence-electron chi connectivity index (χ0n) is 12.9. The van der Waals surface area contributed by atoms with Crippen molar-refractivity contribution in [1.82, 2.24) is 4.90 Å². The van der Waals surface area contributed by atoms with E-state index in [4.69, 9.17) is 10.00 Å². The van der Waals surface area contributed by atoms with E-state index in [9.17, 15) is 9.59 Å². The fraction of sp³-hybridized carbons (Fsp3) is 0.167.